The molecule has 0 saturated heterocycles. The van der Waals surface area contributed by atoms with Crippen molar-refractivity contribution >= 4 is 16.9 Å². The van der Waals surface area contributed by atoms with E-state index in [0.29, 0.717) is 23.8 Å². The Hall–Kier alpha value is -1.97. The zero-order valence-corrected chi connectivity index (χ0v) is 12.7. The maximum atomic E-state index is 12.4. The first-order valence-corrected chi connectivity index (χ1v) is 6.76. The molecule has 0 atom stereocenters. The Morgan fingerprint density at radius 3 is 2.70 bits per heavy atom. The average Bonchev–Trinajstić information content (AvgIpc) is 2.74. The topological polar surface area (TPSA) is 42.7 Å². The Morgan fingerprint density at radius 1 is 1.40 bits per heavy atom. The summed E-state index contributed by atoms with van der Waals surface area (Å²) in [5.74, 6) is 1.52. The van der Waals surface area contributed by atoms with Crippen LogP contribution >= 0.6 is 0 Å². The summed E-state index contributed by atoms with van der Waals surface area (Å²) in [6, 6.07) is 5.56. The highest BCUT2D eigenvalue weighted by atomic mass is 16.5. The highest BCUT2D eigenvalue weighted by molar-refractivity contribution is 5.99. The molecule has 0 N–H and O–H groups in total. The largest absolute Gasteiger partial charge is 0.497 e. The molecule has 1 aromatic carbocycles. The van der Waals surface area contributed by atoms with Gasteiger partial charge in [0.25, 0.3) is 5.91 Å². The molecule has 108 valence electrons. The number of carbonyl (C=O) groups excluding carboxylic acids is 1. The molecule has 0 saturated carbocycles. The van der Waals surface area contributed by atoms with E-state index in [-0.39, 0.29) is 5.91 Å². The van der Waals surface area contributed by atoms with Gasteiger partial charge in [-0.05, 0) is 31.0 Å². The van der Waals surface area contributed by atoms with Crippen LogP contribution in [0.25, 0.3) is 11.0 Å². The Labute approximate surface area is 119 Å². The minimum atomic E-state index is -0.0774. The molecule has 20 heavy (non-hydrogen) atoms. The molecule has 2 aromatic rings. The number of benzene rings is 1. The van der Waals surface area contributed by atoms with Crippen LogP contribution in [0, 0.1) is 12.8 Å². The van der Waals surface area contributed by atoms with Gasteiger partial charge in [0.15, 0.2) is 5.76 Å². The molecule has 0 fully saturated rings. The first kappa shape index (κ1) is 14.4. The minimum Gasteiger partial charge on any atom is -0.497 e. The summed E-state index contributed by atoms with van der Waals surface area (Å²) in [4.78, 5) is 14.1. The molecule has 0 aliphatic rings. The van der Waals surface area contributed by atoms with Crippen molar-refractivity contribution in [1.29, 1.82) is 0 Å². The van der Waals surface area contributed by atoms with Crippen molar-refractivity contribution in [2.24, 2.45) is 5.92 Å². The standard InChI is InChI=1S/C16H21NO3/c1-10(2)9-17(4)16(18)15-11(3)13-8-12(19-5)6-7-14(13)20-15/h6-8,10H,9H2,1-5H3. The maximum Gasteiger partial charge on any atom is 0.289 e. The summed E-state index contributed by atoms with van der Waals surface area (Å²) < 4.78 is 10.9. The third-order valence-corrected chi connectivity index (χ3v) is 3.32. The van der Waals surface area contributed by atoms with Crippen LogP contribution in [0.15, 0.2) is 22.6 Å². The molecule has 0 unspecified atom stereocenters. The number of aryl methyl sites for hydroxylation is 1. The smallest absolute Gasteiger partial charge is 0.289 e. The average molecular weight is 275 g/mol. The lowest BCUT2D eigenvalue weighted by Gasteiger charge is -2.18. The summed E-state index contributed by atoms with van der Waals surface area (Å²) >= 11 is 0. The van der Waals surface area contributed by atoms with Crippen molar-refractivity contribution in [2.75, 3.05) is 20.7 Å². The molecule has 1 heterocycles. The number of amides is 1. The van der Waals surface area contributed by atoms with Gasteiger partial charge in [-0.25, -0.2) is 0 Å². The third-order valence-electron chi connectivity index (χ3n) is 3.32. The minimum absolute atomic E-state index is 0.0774. The first-order valence-electron chi connectivity index (χ1n) is 6.76. The number of nitrogens with zero attached hydrogens (tertiary/aromatic N) is 1. The molecule has 0 radical (unpaired) electrons. The number of hydrogen-bond acceptors (Lipinski definition) is 3. The number of methoxy groups -OCH3 is 1. The van der Waals surface area contributed by atoms with Gasteiger partial charge < -0.3 is 14.1 Å². The van der Waals surface area contributed by atoms with Crippen molar-refractivity contribution in [2.45, 2.75) is 20.8 Å². The number of hydrogen-bond donors (Lipinski definition) is 0. The zero-order valence-electron chi connectivity index (χ0n) is 12.7. The molecular formula is C16H21NO3. The van der Waals surface area contributed by atoms with Gasteiger partial charge in [0.05, 0.1) is 7.11 Å². The number of furan rings is 1. The van der Waals surface area contributed by atoms with Crippen LogP contribution < -0.4 is 4.74 Å². The SMILES string of the molecule is COc1ccc2oc(C(=O)N(C)CC(C)C)c(C)c2c1. The van der Waals surface area contributed by atoms with Gasteiger partial charge in [-0.3, -0.25) is 4.79 Å². The normalized spacial score (nSPS) is 11.1. The Balaban J connectivity index is 2.40. The van der Waals surface area contributed by atoms with E-state index in [9.17, 15) is 4.79 Å². The van der Waals surface area contributed by atoms with Gasteiger partial charge in [0.2, 0.25) is 0 Å². The van der Waals surface area contributed by atoms with Crippen LogP contribution in [-0.2, 0) is 0 Å². The molecule has 0 spiro atoms. The molecule has 0 aliphatic carbocycles. The van der Waals surface area contributed by atoms with E-state index < -0.39 is 0 Å². The first-order chi connectivity index (χ1) is 9.43. The molecule has 4 heteroatoms. The summed E-state index contributed by atoms with van der Waals surface area (Å²) in [5, 5.41) is 0.922. The van der Waals surface area contributed by atoms with Crippen LogP contribution in [0.2, 0.25) is 0 Å². The van der Waals surface area contributed by atoms with Crippen LogP contribution in [0.3, 0.4) is 0 Å². The fourth-order valence-electron chi connectivity index (χ4n) is 2.33. The van der Waals surface area contributed by atoms with Gasteiger partial charge in [0.1, 0.15) is 11.3 Å². The van der Waals surface area contributed by atoms with Gasteiger partial charge in [-0.1, -0.05) is 13.8 Å². The zero-order chi connectivity index (χ0) is 14.9. The lowest BCUT2D eigenvalue weighted by molar-refractivity contribution is 0.0749. The molecule has 2 rings (SSSR count). The summed E-state index contributed by atoms with van der Waals surface area (Å²) in [7, 11) is 3.43. The number of rotatable bonds is 4. The molecule has 1 amide bonds. The predicted octanol–water partition coefficient (Wildman–Crippen LogP) is 3.48. The van der Waals surface area contributed by atoms with Crippen molar-refractivity contribution in [3.63, 3.8) is 0 Å². The monoisotopic (exact) mass is 275 g/mol. The number of carbonyl (C=O) groups is 1. The predicted molar refractivity (Wildman–Crippen MR) is 79.3 cm³/mol. The van der Waals surface area contributed by atoms with Crippen molar-refractivity contribution in [1.82, 2.24) is 4.90 Å². The van der Waals surface area contributed by atoms with Crippen LogP contribution in [0.5, 0.6) is 5.75 Å². The van der Waals surface area contributed by atoms with E-state index in [1.165, 1.54) is 0 Å². The lowest BCUT2D eigenvalue weighted by atomic mass is 10.1. The van der Waals surface area contributed by atoms with Crippen LogP contribution in [0.1, 0.15) is 30.0 Å². The maximum absolute atomic E-state index is 12.4. The second kappa shape index (κ2) is 5.57. The Morgan fingerprint density at radius 2 is 2.10 bits per heavy atom. The van der Waals surface area contributed by atoms with E-state index in [4.69, 9.17) is 9.15 Å². The quantitative estimate of drug-likeness (QED) is 0.858. The van der Waals surface area contributed by atoms with E-state index >= 15 is 0 Å². The van der Waals surface area contributed by atoms with E-state index in [0.717, 1.165) is 16.7 Å². The van der Waals surface area contributed by atoms with Crippen molar-refractivity contribution in [3.05, 3.63) is 29.5 Å². The molecule has 0 bridgehead atoms. The van der Waals surface area contributed by atoms with Gasteiger partial charge in [-0.15, -0.1) is 0 Å². The molecule has 1 aromatic heterocycles. The molecule has 0 aliphatic heterocycles. The Bertz CT molecular complexity index is 628. The van der Waals surface area contributed by atoms with E-state index in [1.54, 1.807) is 19.1 Å². The van der Waals surface area contributed by atoms with Crippen molar-refractivity contribution < 1.29 is 13.9 Å². The second-order valence-electron chi connectivity index (χ2n) is 5.50. The van der Waals surface area contributed by atoms with Crippen molar-refractivity contribution in [3.8, 4) is 5.75 Å². The van der Waals surface area contributed by atoms with E-state index in [2.05, 4.69) is 13.8 Å². The third kappa shape index (κ3) is 2.64. The number of ether oxygens (including phenoxy) is 1. The van der Waals surface area contributed by atoms with Crippen LogP contribution in [0.4, 0.5) is 0 Å². The summed E-state index contributed by atoms with van der Waals surface area (Å²) in [5.41, 5.74) is 1.57. The van der Waals surface area contributed by atoms with Gasteiger partial charge >= 0.3 is 0 Å². The highest BCUT2D eigenvalue weighted by Crippen LogP contribution is 2.29. The van der Waals surface area contributed by atoms with Gasteiger partial charge in [-0.2, -0.15) is 0 Å². The van der Waals surface area contributed by atoms with Crippen LogP contribution in [-0.4, -0.2) is 31.5 Å². The fourth-order valence-corrected chi connectivity index (χ4v) is 2.33. The molecule has 4 nitrogen and oxygen atoms in total. The number of fused-ring (bicyclic) bond motifs is 1. The summed E-state index contributed by atoms with van der Waals surface area (Å²) in [6.45, 7) is 6.78. The second-order valence-corrected chi connectivity index (χ2v) is 5.50. The highest BCUT2D eigenvalue weighted by Gasteiger charge is 2.21. The Kier molecular flexibility index (Phi) is 4.02. The molecular weight excluding hydrogens is 254 g/mol. The fraction of sp³-hybridized carbons (Fsp3) is 0.438. The summed E-state index contributed by atoms with van der Waals surface area (Å²) in [6.07, 6.45) is 0. The lowest BCUT2D eigenvalue weighted by Crippen LogP contribution is -2.30. The van der Waals surface area contributed by atoms with Gasteiger partial charge in [0, 0.05) is 24.5 Å². The van der Waals surface area contributed by atoms with E-state index in [1.807, 2.05) is 25.1 Å².